The molecule has 3 nitrogen and oxygen atoms in total. The molecule has 0 rings (SSSR count). The van der Waals surface area contributed by atoms with Gasteiger partial charge in [0, 0.05) is 11.0 Å². The smallest absolute Gasteiger partial charge is 0.165 e. The molecular weight excluding hydrogens is 609 g/mol. The first-order valence-electron chi connectivity index (χ1n) is 18.8. The van der Waals surface area contributed by atoms with Gasteiger partial charge in [-0.05, 0) is 19.3 Å². The number of unbranched alkanes of at least 4 members (excludes halogenated alkanes) is 25. The maximum Gasteiger partial charge on any atom is 0.165 e. The van der Waals surface area contributed by atoms with Crippen molar-refractivity contribution in [2.45, 2.75) is 216 Å². The molecule has 0 bridgehead atoms. The van der Waals surface area contributed by atoms with Crippen molar-refractivity contribution in [3.05, 3.63) is 0 Å². The number of hydrogen-bond acceptors (Lipinski definition) is 5. The molecule has 0 aromatic rings. The van der Waals surface area contributed by atoms with Crippen LogP contribution in [-0.2, 0) is 13.8 Å². The van der Waals surface area contributed by atoms with E-state index in [2.05, 4.69) is 20.8 Å². The van der Waals surface area contributed by atoms with Gasteiger partial charge in [-0.2, -0.15) is 12.6 Å². The van der Waals surface area contributed by atoms with E-state index in [9.17, 15) is 8.76 Å². The van der Waals surface area contributed by atoms with Gasteiger partial charge in [0.2, 0.25) is 0 Å². The SMILES string of the molecule is CCCCCCCCCCCCOS(=O)(O)(CCCCCCCCCCCC)C(S)(S)C(S)CCCCCCCCCC. The summed E-state index contributed by atoms with van der Waals surface area (Å²) in [4.78, 5) is 0. The molecule has 0 saturated carbocycles. The summed E-state index contributed by atoms with van der Waals surface area (Å²) in [6.45, 7) is 7.05. The first-order chi connectivity index (χ1) is 20.6. The van der Waals surface area contributed by atoms with Gasteiger partial charge in [0.15, 0.2) is 3.41 Å². The van der Waals surface area contributed by atoms with Gasteiger partial charge in [-0.15, -0.1) is 25.3 Å². The van der Waals surface area contributed by atoms with Crippen LogP contribution in [0.2, 0.25) is 0 Å². The maximum absolute atomic E-state index is 14.5. The average Bonchev–Trinajstić information content (AvgIpc) is 2.98. The van der Waals surface area contributed by atoms with Crippen LogP contribution in [0, 0.1) is 0 Å². The van der Waals surface area contributed by atoms with E-state index in [4.69, 9.17) is 42.1 Å². The van der Waals surface area contributed by atoms with Gasteiger partial charge >= 0.3 is 0 Å². The van der Waals surface area contributed by atoms with E-state index < -0.39 is 18.3 Å². The van der Waals surface area contributed by atoms with Crippen LogP contribution >= 0.6 is 37.9 Å². The van der Waals surface area contributed by atoms with Crippen LogP contribution in [0.4, 0.5) is 0 Å². The maximum atomic E-state index is 14.5. The molecular formula is C36H76O3S4. The lowest BCUT2D eigenvalue weighted by Crippen LogP contribution is -2.57. The predicted octanol–water partition coefficient (Wildman–Crippen LogP) is 13.4. The highest BCUT2D eigenvalue weighted by Crippen LogP contribution is 2.50. The Morgan fingerprint density at radius 2 is 0.837 bits per heavy atom. The first kappa shape index (κ1) is 44.1. The lowest BCUT2D eigenvalue weighted by molar-refractivity contribution is 0.253. The van der Waals surface area contributed by atoms with E-state index in [1.54, 1.807) is 0 Å². The van der Waals surface area contributed by atoms with Crippen molar-refractivity contribution in [1.29, 1.82) is 0 Å². The molecule has 1 atom stereocenters. The van der Waals surface area contributed by atoms with Crippen LogP contribution in [0.25, 0.3) is 0 Å². The molecule has 0 fully saturated rings. The summed E-state index contributed by atoms with van der Waals surface area (Å²) in [5.74, 6) is 0.104. The zero-order valence-electron chi connectivity index (χ0n) is 29.0. The minimum Gasteiger partial charge on any atom is -0.306 e. The average molecular weight is 685 g/mol. The Morgan fingerprint density at radius 1 is 0.535 bits per heavy atom. The fraction of sp³-hybridized carbons (Fsp3) is 1.00. The number of hydrogen-bond donors (Lipinski definition) is 4. The Bertz CT molecular complexity index is 673. The Balaban J connectivity index is 4.79. The van der Waals surface area contributed by atoms with E-state index in [0.717, 1.165) is 51.4 Å². The first-order valence-corrected chi connectivity index (χ1v) is 22.2. The van der Waals surface area contributed by atoms with Gasteiger partial charge < -0.3 is 4.55 Å². The second-order valence-electron chi connectivity index (χ2n) is 13.3. The Kier molecular flexibility index (Phi) is 28.9. The van der Waals surface area contributed by atoms with E-state index in [1.807, 2.05) is 0 Å². The summed E-state index contributed by atoms with van der Waals surface area (Å²) in [7, 11) is -4.60. The van der Waals surface area contributed by atoms with Gasteiger partial charge in [0.25, 0.3) is 0 Å². The van der Waals surface area contributed by atoms with Crippen molar-refractivity contribution in [3.63, 3.8) is 0 Å². The predicted molar refractivity (Wildman–Crippen MR) is 206 cm³/mol. The molecule has 1 N–H and O–H groups in total. The molecule has 7 heteroatoms. The highest BCUT2D eigenvalue weighted by Gasteiger charge is 2.55. The molecule has 262 valence electrons. The quantitative estimate of drug-likeness (QED) is 0.0310. The third-order valence-corrected chi connectivity index (χ3v) is 16.2. The third-order valence-electron chi connectivity index (χ3n) is 9.04. The van der Waals surface area contributed by atoms with Gasteiger partial charge in [-0.1, -0.05) is 188 Å². The topological polar surface area (TPSA) is 46.5 Å². The Morgan fingerprint density at radius 3 is 1.21 bits per heavy atom. The second kappa shape index (κ2) is 28.2. The normalized spacial score (nSPS) is 14.2. The molecule has 0 saturated heterocycles. The molecule has 0 aliphatic rings. The lowest BCUT2D eigenvalue weighted by atomic mass is 10.1. The highest BCUT2D eigenvalue weighted by atomic mass is 32.3. The second-order valence-corrected chi connectivity index (χ2v) is 19.6. The largest absolute Gasteiger partial charge is 0.306 e. The summed E-state index contributed by atoms with van der Waals surface area (Å²) in [6, 6.07) is 0. The standard InChI is InChI=1S/C36H76O3S4/c1-4-7-10-13-16-19-21-24-27-30-33-39-43(37,38,34-31-28-25-22-20-17-14-11-8-5-2)36(41,42)35(40)32-29-26-23-18-15-12-9-6-3/h35,40-42H,4-34H2,1-3H3,(H,37,38). The minimum absolute atomic E-state index is 0.104. The fourth-order valence-corrected chi connectivity index (χ4v) is 10.2. The third kappa shape index (κ3) is 21.6. The molecule has 1 unspecified atom stereocenters. The monoisotopic (exact) mass is 684 g/mol. The summed E-state index contributed by atoms with van der Waals surface area (Å²) in [5, 5.41) is -0.417. The molecule has 0 aliphatic heterocycles. The highest BCUT2D eigenvalue weighted by molar-refractivity contribution is 8.30. The Hall–Kier alpha value is 1.12. The van der Waals surface area contributed by atoms with Crippen molar-refractivity contribution < 1.29 is 12.9 Å². The molecule has 0 heterocycles. The van der Waals surface area contributed by atoms with E-state index in [-0.39, 0.29) is 12.4 Å². The number of thiol groups is 3. The zero-order valence-corrected chi connectivity index (χ0v) is 32.5. The lowest BCUT2D eigenvalue weighted by Gasteiger charge is -2.49. The van der Waals surface area contributed by atoms with E-state index >= 15 is 0 Å². The van der Waals surface area contributed by atoms with Crippen LogP contribution in [-0.4, -0.2) is 29.8 Å². The van der Waals surface area contributed by atoms with Crippen molar-refractivity contribution >= 4 is 47.5 Å². The molecule has 0 spiro atoms. The Labute approximate surface area is 287 Å². The van der Waals surface area contributed by atoms with Gasteiger partial charge in [0.1, 0.15) is 9.63 Å². The van der Waals surface area contributed by atoms with E-state index in [1.165, 1.54) is 128 Å². The van der Waals surface area contributed by atoms with Gasteiger partial charge in [0.05, 0.1) is 6.61 Å². The summed E-state index contributed by atoms with van der Waals surface area (Å²) in [5.41, 5.74) is 0. The molecule has 0 aromatic heterocycles. The number of rotatable bonds is 34. The summed E-state index contributed by atoms with van der Waals surface area (Å²) in [6.07, 6.45) is 34.5. The minimum atomic E-state index is -4.60. The van der Waals surface area contributed by atoms with Crippen LogP contribution in [0.5, 0.6) is 0 Å². The zero-order chi connectivity index (χ0) is 32.2. The van der Waals surface area contributed by atoms with Crippen LogP contribution in [0.3, 0.4) is 0 Å². The summed E-state index contributed by atoms with van der Waals surface area (Å²) >= 11 is 14.4. The van der Waals surface area contributed by atoms with E-state index in [0.29, 0.717) is 6.42 Å². The molecule has 0 radical (unpaired) electrons. The molecule has 0 amide bonds. The van der Waals surface area contributed by atoms with Crippen molar-refractivity contribution in [2.75, 3.05) is 12.4 Å². The van der Waals surface area contributed by atoms with Crippen LogP contribution in [0.1, 0.15) is 207 Å². The molecule has 43 heavy (non-hydrogen) atoms. The molecule has 0 aliphatic carbocycles. The fourth-order valence-electron chi connectivity index (χ4n) is 5.89. The van der Waals surface area contributed by atoms with Crippen molar-refractivity contribution in [1.82, 2.24) is 0 Å². The summed E-state index contributed by atoms with van der Waals surface area (Å²) < 4.78 is 31.0. The van der Waals surface area contributed by atoms with Crippen LogP contribution in [0.15, 0.2) is 0 Å². The van der Waals surface area contributed by atoms with Crippen LogP contribution < -0.4 is 0 Å². The van der Waals surface area contributed by atoms with Crippen molar-refractivity contribution in [3.8, 4) is 0 Å². The molecule has 0 aromatic carbocycles. The van der Waals surface area contributed by atoms with Gasteiger partial charge in [-0.3, -0.25) is 4.18 Å². The van der Waals surface area contributed by atoms with Gasteiger partial charge in [-0.25, -0.2) is 4.21 Å². The van der Waals surface area contributed by atoms with Crippen molar-refractivity contribution in [2.24, 2.45) is 0 Å².